The Morgan fingerprint density at radius 3 is 2.61 bits per heavy atom. The highest BCUT2D eigenvalue weighted by molar-refractivity contribution is 5.87. The van der Waals surface area contributed by atoms with Crippen molar-refractivity contribution in [2.45, 2.75) is 19.8 Å². The van der Waals surface area contributed by atoms with Gasteiger partial charge in [-0.05, 0) is 12.0 Å². The van der Waals surface area contributed by atoms with Crippen LogP contribution in [0.1, 0.15) is 19.8 Å². The molecule has 0 saturated carbocycles. The van der Waals surface area contributed by atoms with Crippen LogP contribution in [0.15, 0.2) is 18.5 Å². The number of carbonyl (C=O) groups excluding carboxylic acids is 1. The first-order valence-electron chi connectivity index (χ1n) is 5.65. The average molecular weight is 252 g/mol. The fraction of sp³-hybridized carbons (Fsp3) is 0.455. The van der Waals surface area contributed by atoms with Crippen molar-refractivity contribution in [3.05, 3.63) is 18.5 Å². The van der Waals surface area contributed by atoms with Crippen LogP contribution < -0.4 is 10.6 Å². The summed E-state index contributed by atoms with van der Waals surface area (Å²) in [5.74, 6) is -0.735. The first-order valence-corrected chi connectivity index (χ1v) is 5.65. The summed E-state index contributed by atoms with van der Waals surface area (Å²) in [4.78, 5) is 29.7. The number of nitrogens with one attached hydrogen (secondary N) is 2. The minimum absolute atomic E-state index is 0.0403. The van der Waals surface area contributed by atoms with Gasteiger partial charge < -0.3 is 10.4 Å². The van der Waals surface area contributed by atoms with Gasteiger partial charge in [0.15, 0.2) is 0 Å². The van der Waals surface area contributed by atoms with Crippen LogP contribution in [0.5, 0.6) is 0 Å². The van der Waals surface area contributed by atoms with Gasteiger partial charge in [0.2, 0.25) is 5.95 Å². The SMILES string of the molecule is CCC(CNC(=O)Nc1ncccn1)CC(=O)O. The maximum absolute atomic E-state index is 11.5. The number of urea groups is 1. The van der Waals surface area contributed by atoms with E-state index in [-0.39, 0.29) is 18.3 Å². The second-order valence-corrected chi connectivity index (χ2v) is 3.78. The van der Waals surface area contributed by atoms with Gasteiger partial charge in [0.1, 0.15) is 0 Å². The summed E-state index contributed by atoms with van der Waals surface area (Å²) >= 11 is 0. The number of nitrogens with zero attached hydrogens (tertiary/aromatic N) is 2. The normalized spacial score (nSPS) is 11.6. The van der Waals surface area contributed by atoms with Crippen LogP contribution in [-0.4, -0.2) is 33.6 Å². The Hall–Kier alpha value is -2.18. The molecular formula is C11H16N4O3. The summed E-state index contributed by atoms with van der Waals surface area (Å²) < 4.78 is 0. The van der Waals surface area contributed by atoms with Crippen LogP contribution in [0.2, 0.25) is 0 Å². The smallest absolute Gasteiger partial charge is 0.321 e. The molecule has 2 amide bonds. The number of carboxylic acid groups (broad SMARTS) is 1. The highest BCUT2D eigenvalue weighted by Crippen LogP contribution is 2.06. The average Bonchev–Trinajstić information content (AvgIpc) is 2.35. The van der Waals surface area contributed by atoms with Gasteiger partial charge in [-0.2, -0.15) is 0 Å². The zero-order valence-electron chi connectivity index (χ0n) is 10.1. The second kappa shape index (κ2) is 7.21. The Morgan fingerprint density at radius 2 is 2.06 bits per heavy atom. The van der Waals surface area contributed by atoms with Gasteiger partial charge in [-0.1, -0.05) is 13.3 Å². The highest BCUT2D eigenvalue weighted by Gasteiger charge is 2.12. The van der Waals surface area contributed by atoms with E-state index in [2.05, 4.69) is 20.6 Å². The second-order valence-electron chi connectivity index (χ2n) is 3.78. The molecule has 7 heteroatoms. The van der Waals surface area contributed by atoms with Gasteiger partial charge >= 0.3 is 12.0 Å². The van der Waals surface area contributed by atoms with E-state index in [1.165, 1.54) is 12.4 Å². The number of aromatic nitrogens is 2. The minimum atomic E-state index is -0.865. The van der Waals surface area contributed by atoms with Crippen LogP contribution in [0.25, 0.3) is 0 Å². The number of carboxylic acids is 1. The molecule has 0 aliphatic rings. The molecule has 1 heterocycles. The zero-order chi connectivity index (χ0) is 13.4. The molecule has 1 aromatic rings. The summed E-state index contributed by atoms with van der Waals surface area (Å²) in [5.41, 5.74) is 0. The molecular weight excluding hydrogens is 236 g/mol. The molecule has 0 aliphatic carbocycles. The quantitative estimate of drug-likeness (QED) is 0.703. The third kappa shape index (κ3) is 5.24. The van der Waals surface area contributed by atoms with E-state index in [0.29, 0.717) is 13.0 Å². The number of anilines is 1. The summed E-state index contributed by atoms with van der Waals surface area (Å²) in [5, 5.41) is 13.7. The molecule has 1 unspecified atom stereocenters. The molecule has 0 aliphatic heterocycles. The fourth-order valence-electron chi connectivity index (χ4n) is 1.35. The van der Waals surface area contributed by atoms with E-state index in [9.17, 15) is 9.59 Å². The van der Waals surface area contributed by atoms with E-state index in [4.69, 9.17) is 5.11 Å². The lowest BCUT2D eigenvalue weighted by Crippen LogP contribution is -2.34. The lowest BCUT2D eigenvalue weighted by Gasteiger charge is -2.13. The predicted octanol–water partition coefficient (Wildman–Crippen LogP) is 1.10. The van der Waals surface area contributed by atoms with Crippen LogP contribution in [0.4, 0.5) is 10.7 Å². The lowest BCUT2D eigenvalue weighted by atomic mass is 10.0. The Balaban J connectivity index is 2.34. The van der Waals surface area contributed by atoms with Crippen LogP contribution in [0.3, 0.4) is 0 Å². The number of hydrogen-bond acceptors (Lipinski definition) is 4. The first kappa shape index (κ1) is 13.9. The maximum Gasteiger partial charge on any atom is 0.321 e. The predicted molar refractivity (Wildman–Crippen MR) is 65.1 cm³/mol. The van der Waals surface area contributed by atoms with E-state index < -0.39 is 12.0 Å². The van der Waals surface area contributed by atoms with Crippen LogP contribution >= 0.6 is 0 Å². The van der Waals surface area contributed by atoms with Crippen molar-refractivity contribution in [1.82, 2.24) is 15.3 Å². The summed E-state index contributed by atoms with van der Waals surface area (Å²) in [7, 11) is 0. The van der Waals surface area contributed by atoms with Gasteiger partial charge in [0.05, 0.1) is 0 Å². The molecule has 3 N–H and O–H groups in total. The first-order chi connectivity index (χ1) is 8.61. The number of aliphatic carboxylic acids is 1. The molecule has 1 atom stereocenters. The molecule has 0 radical (unpaired) electrons. The monoisotopic (exact) mass is 252 g/mol. The van der Waals surface area contributed by atoms with E-state index in [1.807, 2.05) is 6.92 Å². The third-order valence-electron chi connectivity index (χ3n) is 2.38. The number of rotatable bonds is 6. The van der Waals surface area contributed by atoms with E-state index in [0.717, 1.165) is 0 Å². The number of carbonyl (C=O) groups is 2. The Kier molecular flexibility index (Phi) is 5.56. The molecule has 0 spiro atoms. The largest absolute Gasteiger partial charge is 0.481 e. The van der Waals surface area contributed by atoms with Gasteiger partial charge in [0, 0.05) is 25.4 Å². The topological polar surface area (TPSA) is 104 Å². The molecule has 1 aromatic heterocycles. The van der Waals surface area contributed by atoms with Crippen molar-refractivity contribution in [1.29, 1.82) is 0 Å². The molecule has 1 rings (SSSR count). The maximum atomic E-state index is 11.5. The summed E-state index contributed by atoms with van der Waals surface area (Å²) in [6.07, 6.45) is 3.76. The Labute approximate surface area is 105 Å². The molecule has 0 saturated heterocycles. The lowest BCUT2D eigenvalue weighted by molar-refractivity contribution is -0.138. The van der Waals surface area contributed by atoms with Crippen molar-refractivity contribution in [2.24, 2.45) is 5.92 Å². The fourth-order valence-corrected chi connectivity index (χ4v) is 1.35. The summed E-state index contributed by atoms with van der Waals surface area (Å²) in [6, 6.07) is 1.20. The molecule has 0 fully saturated rings. The van der Waals surface area contributed by atoms with Crippen molar-refractivity contribution in [3.63, 3.8) is 0 Å². The standard InChI is InChI=1S/C11H16N4O3/c1-2-8(6-9(16)17)7-14-11(18)15-10-12-4-3-5-13-10/h3-5,8H,2,6-7H2,1H3,(H,16,17)(H2,12,13,14,15,18). The van der Waals surface area contributed by atoms with Gasteiger partial charge in [-0.25, -0.2) is 14.8 Å². The molecule has 98 valence electrons. The number of amides is 2. The van der Waals surface area contributed by atoms with Gasteiger partial charge in [0.25, 0.3) is 0 Å². The molecule has 7 nitrogen and oxygen atoms in total. The zero-order valence-corrected chi connectivity index (χ0v) is 10.1. The van der Waals surface area contributed by atoms with Crippen molar-refractivity contribution in [2.75, 3.05) is 11.9 Å². The van der Waals surface area contributed by atoms with Gasteiger partial charge in [-0.15, -0.1) is 0 Å². The van der Waals surface area contributed by atoms with Crippen LogP contribution in [0, 0.1) is 5.92 Å². The van der Waals surface area contributed by atoms with E-state index >= 15 is 0 Å². The molecule has 0 bridgehead atoms. The Morgan fingerprint density at radius 1 is 1.39 bits per heavy atom. The molecule has 18 heavy (non-hydrogen) atoms. The van der Waals surface area contributed by atoms with E-state index in [1.54, 1.807) is 6.07 Å². The van der Waals surface area contributed by atoms with Crippen molar-refractivity contribution >= 4 is 17.9 Å². The van der Waals surface area contributed by atoms with Crippen LogP contribution in [-0.2, 0) is 4.79 Å². The molecule has 0 aromatic carbocycles. The number of hydrogen-bond donors (Lipinski definition) is 3. The Bertz CT molecular complexity index is 397. The highest BCUT2D eigenvalue weighted by atomic mass is 16.4. The third-order valence-corrected chi connectivity index (χ3v) is 2.38. The summed E-state index contributed by atoms with van der Waals surface area (Å²) in [6.45, 7) is 2.19. The van der Waals surface area contributed by atoms with Gasteiger partial charge in [-0.3, -0.25) is 10.1 Å². The van der Waals surface area contributed by atoms with Crippen molar-refractivity contribution < 1.29 is 14.7 Å². The minimum Gasteiger partial charge on any atom is -0.481 e. The van der Waals surface area contributed by atoms with Crippen molar-refractivity contribution in [3.8, 4) is 0 Å².